The summed E-state index contributed by atoms with van der Waals surface area (Å²) in [6.07, 6.45) is 0.777. The number of hydrogen-bond donors (Lipinski definition) is 0. The zero-order chi connectivity index (χ0) is 25.2. The van der Waals surface area contributed by atoms with Gasteiger partial charge in [-0.25, -0.2) is 0 Å². The summed E-state index contributed by atoms with van der Waals surface area (Å²) < 4.78 is 0. The van der Waals surface area contributed by atoms with Crippen molar-refractivity contribution < 1.29 is 9.59 Å². The van der Waals surface area contributed by atoms with Crippen molar-refractivity contribution in [1.29, 1.82) is 0 Å². The quantitative estimate of drug-likeness (QED) is 0.243. The van der Waals surface area contributed by atoms with E-state index in [1.807, 2.05) is 120 Å². The van der Waals surface area contributed by atoms with Gasteiger partial charge in [0.05, 0.1) is 19.0 Å². The molecule has 0 aliphatic heterocycles. The Morgan fingerprint density at radius 2 is 1.31 bits per heavy atom. The molecule has 0 atom stereocenters. The predicted octanol–water partition coefficient (Wildman–Crippen LogP) is 6.35. The van der Waals surface area contributed by atoms with Crippen LogP contribution in [0.4, 0.5) is 0 Å². The van der Waals surface area contributed by atoms with E-state index in [0.29, 0.717) is 19.6 Å². The Balaban J connectivity index is 1.59. The van der Waals surface area contributed by atoms with Crippen LogP contribution in [-0.2, 0) is 22.7 Å². The molecule has 4 nitrogen and oxygen atoms in total. The second-order valence-electron chi connectivity index (χ2n) is 8.83. The molecule has 0 N–H and O–H groups in total. The number of nitrogens with zero attached hydrogens (tertiary/aromatic N) is 2. The van der Waals surface area contributed by atoms with Gasteiger partial charge in [-0.1, -0.05) is 104 Å². The first-order valence-corrected chi connectivity index (χ1v) is 13.3. The van der Waals surface area contributed by atoms with Crippen molar-refractivity contribution in [1.82, 2.24) is 9.80 Å². The van der Waals surface area contributed by atoms with Gasteiger partial charge in [0.2, 0.25) is 11.8 Å². The standard InChI is InChI=1S/C31H32N2O2S/c1-2-20-32(31(35)30(26-15-8-4-9-16-26)27-17-10-5-11-18-27)24-29(34)33(23-28-19-12-21-36-28)22-25-13-6-3-7-14-25/h3-19,21,30H,2,20,22-24H2,1H3. The maximum Gasteiger partial charge on any atom is 0.242 e. The molecule has 36 heavy (non-hydrogen) atoms. The van der Waals surface area contributed by atoms with Crippen LogP contribution >= 0.6 is 11.3 Å². The zero-order valence-corrected chi connectivity index (χ0v) is 21.4. The fraction of sp³-hybridized carbons (Fsp3) is 0.226. The number of carbonyl (C=O) groups is 2. The molecule has 0 spiro atoms. The lowest BCUT2D eigenvalue weighted by molar-refractivity contribution is -0.141. The topological polar surface area (TPSA) is 40.6 Å². The molecule has 0 saturated carbocycles. The van der Waals surface area contributed by atoms with Gasteiger partial charge in [0.15, 0.2) is 0 Å². The van der Waals surface area contributed by atoms with E-state index in [1.54, 1.807) is 16.2 Å². The minimum absolute atomic E-state index is 0.0432. The second kappa shape index (κ2) is 12.8. The molecule has 0 bridgehead atoms. The smallest absolute Gasteiger partial charge is 0.242 e. The van der Waals surface area contributed by atoms with E-state index in [1.165, 1.54) is 0 Å². The third-order valence-electron chi connectivity index (χ3n) is 6.14. The summed E-state index contributed by atoms with van der Waals surface area (Å²) in [7, 11) is 0. The lowest BCUT2D eigenvalue weighted by Crippen LogP contribution is -2.44. The van der Waals surface area contributed by atoms with Gasteiger partial charge in [0.25, 0.3) is 0 Å². The maximum atomic E-state index is 14.0. The van der Waals surface area contributed by atoms with Gasteiger partial charge in [-0.05, 0) is 34.6 Å². The highest BCUT2D eigenvalue weighted by atomic mass is 32.1. The average molecular weight is 497 g/mol. The van der Waals surface area contributed by atoms with Crippen LogP contribution in [0, 0.1) is 0 Å². The van der Waals surface area contributed by atoms with Crippen LogP contribution in [0.15, 0.2) is 109 Å². The molecule has 0 radical (unpaired) electrons. The first kappa shape index (κ1) is 25.4. The first-order chi connectivity index (χ1) is 17.7. The minimum Gasteiger partial charge on any atom is -0.333 e. The highest BCUT2D eigenvalue weighted by Crippen LogP contribution is 2.27. The normalized spacial score (nSPS) is 10.8. The van der Waals surface area contributed by atoms with Crippen molar-refractivity contribution in [2.24, 2.45) is 0 Å². The summed E-state index contributed by atoms with van der Waals surface area (Å²) >= 11 is 1.64. The van der Waals surface area contributed by atoms with Crippen LogP contribution in [0.25, 0.3) is 0 Å². The molecule has 4 aromatic rings. The van der Waals surface area contributed by atoms with Crippen molar-refractivity contribution in [2.75, 3.05) is 13.1 Å². The fourth-order valence-electron chi connectivity index (χ4n) is 4.38. The van der Waals surface area contributed by atoms with Crippen molar-refractivity contribution in [3.8, 4) is 0 Å². The minimum atomic E-state index is -0.452. The molecule has 4 rings (SSSR count). The molecule has 5 heteroatoms. The summed E-state index contributed by atoms with van der Waals surface area (Å²) in [4.78, 5) is 32.4. The van der Waals surface area contributed by atoms with Crippen LogP contribution in [0.3, 0.4) is 0 Å². The molecular weight excluding hydrogens is 464 g/mol. The number of rotatable bonds is 11. The van der Waals surface area contributed by atoms with E-state index in [9.17, 15) is 9.59 Å². The molecule has 0 aliphatic carbocycles. The largest absolute Gasteiger partial charge is 0.333 e. The highest BCUT2D eigenvalue weighted by molar-refractivity contribution is 7.09. The SMILES string of the molecule is CCCN(CC(=O)N(Cc1ccccc1)Cc1cccs1)C(=O)C(c1ccccc1)c1ccccc1. The molecule has 1 aromatic heterocycles. The second-order valence-corrected chi connectivity index (χ2v) is 9.86. The monoisotopic (exact) mass is 496 g/mol. The van der Waals surface area contributed by atoms with E-state index in [-0.39, 0.29) is 18.4 Å². The molecular formula is C31H32N2O2S. The van der Waals surface area contributed by atoms with E-state index in [4.69, 9.17) is 0 Å². The van der Waals surface area contributed by atoms with Crippen LogP contribution in [0.2, 0.25) is 0 Å². The fourth-order valence-corrected chi connectivity index (χ4v) is 5.10. The number of hydrogen-bond acceptors (Lipinski definition) is 3. The van der Waals surface area contributed by atoms with Gasteiger partial charge in [-0.3, -0.25) is 9.59 Å². The predicted molar refractivity (Wildman–Crippen MR) is 147 cm³/mol. The summed E-state index contributed by atoms with van der Waals surface area (Å²) in [5, 5.41) is 2.03. The average Bonchev–Trinajstić information content (AvgIpc) is 3.43. The Morgan fingerprint density at radius 1 is 0.722 bits per heavy atom. The third-order valence-corrected chi connectivity index (χ3v) is 7.00. The summed E-state index contributed by atoms with van der Waals surface area (Å²) in [5.74, 6) is -0.543. The molecule has 0 saturated heterocycles. The Labute approximate surface area is 217 Å². The number of benzene rings is 3. The maximum absolute atomic E-state index is 14.0. The molecule has 1 heterocycles. The number of carbonyl (C=O) groups excluding carboxylic acids is 2. The van der Waals surface area contributed by atoms with Gasteiger partial charge >= 0.3 is 0 Å². The van der Waals surface area contributed by atoms with Crippen molar-refractivity contribution in [2.45, 2.75) is 32.4 Å². The van der Waals surface area contributed by atoms with Crippen LogP contribution < -0.4 is 0 Å². The van der Waals surface area contributed by atoms with Crippen LogP contribution in [-0.4, -0.2) is 34.7 Å². The Bertz CT molecular complexity index is 1170. The van der Waals surface area contributed by atoms with E-state index in [0.717, 1.165) is 28.0 Å². The van der Waals surface area contributed by atoms with E-state index < -0.39 is 5.92 Å². The summed E-state index contributed by atoms with van der Waals surface area (Å²) in [5.41, 5.74) is 2.94. The Morgan fingerprint density at radius 3 is 1.83 bits per heavy atom. The van der Waals surface area contributed by atoms with Crippen molar-refractivity contribution in [3.05, 3.63) is 130 Å². The third kappa shape index (κ3) is 6.70. The number of thiophene rings is 1. The molecule has 2 amide bonds. The van der Waals surface area contributed by atoms with Crippen molar-refractivity contribution in [3.63, 3.8) is 0 Å². The Kier molecular flexibility index (Phi) is 9.06. The van der Waals surface area contributed by atoms with Crippen LogP contribution in [0.5, 0.6) is 0 Å². The lowest BCUT2D eigenvalue weighted by atomic mass is 9.90. The van der Waals surface area contributed by atoms with Gasteiger partial charge in [-0.2, -0.15) is 0 Å². The summed E-state index contributed by atoms with van der Waals surface area (Å²) in [6, 6.07) is 33.7. The molecule has 0 unspecified atom stereocenters. The highest BCUT2D eigenvalue weighted by Gasteiger charge is 2.29. The first-order valence-electron chi connectivity index (χ1n) is 12.4. The van der Waals surface area contributed by atoms with Gasteiger partial charge in [0, 0.05) is 18.0 Å². The van der Waals surface area contributed by atoms with E-state index >= 15 is 0 Å². The number of amides is 2. The van der Waals surface area contributed by atoms with Gasteiger partial charge in [-0.15, -0.1) is 11.3 Å². The zero-order valence-electron chi connectivity index (χ0n) is 20.6. The molecule has 0 aliphatic rings. The molecule has 3 aromatic carbocycles. The Hall–Kier alpha value is -3.70. The van der Waals surface area contributed by atoms with Gasteiger partial charge < -0.3 is 9.80 Å². The van der Waals surface area contributed by atoms with Crippen LogP contribution in [0.1, 0.15) is 40.8 Å². The van der Waals surface area contributed by atoms with Crippen molar-refractivity contribution >= 4 is 23.2 Å². The van der Waals surface area contributed by atoms with E-state index in [2.05, 4.69) is 0 Å². The lowest BCUT2D eigenvalue weighted by Gasteiger charge is -2.30. The van der Waals surface area contributed by atoms with Gasteiger partial charge in [0.1, 0.15) is 0 Å². The molecule has 184 valence electrons. The summed E-state index contributed by atoms with van der Waals surface area (Å²) in [6.45, 7) is 3.66. The molecule has 0 fully saturated rings.